The van der Waals surface area contributed by atoms with Crippen LogP contribution in [0.1, 0.15) is 37.8 Å². The number of hydrogen-bond donors (Lipinski definition) is 2. The van der Waals surface area contributed by atoms with E-state index < -0.39 is 11.6 Å². The molecule has 1 heterocycles. The SMILES string of the molecule is CCC1(CC)NC(=O)N(CC(=O)Nc2cc(C)ccc2C)C1=O. The Hall–Kier alpha value is -2.37. The molecule has 6 nitrogen and oxygen atoms in total. The zero-order valence-electron chi connectivity index (χ0n) is 14.0. The third kappa shape index (κ3) is 3.21. The van der Waals surface area contributed by atoms with E-state index in [1.54, 1.807) is 0 Å². The van der Waals surface area contributed by atoms with E-state index in [1.165, 1.54) is 0 Å². The monoisotopic (exact) mass is 317 g/mol. The van der Waals surface area contributed by atoms with Crippen molar-refractivity contribution in [2.24, 2.45) is 0 Å². The molecule has 0 radical (unpaired) electrons. The molecule has 124 valence electrons. The lowest BCUT2D eigenvalue weighted by Crippen LogP contribution is -2.46. The third-order valence-corrected chi connectivity index (χ3v) is 4.42. The molecule has 2 N–H and O–H groups in total. The molecule has 1 aromatic rings. The molecule has 1 aliphatic heterocycles. The number of nitrogens with zero attached hydrogens (tertiary/aromatic N) is 1. The van der Waals surface area contributed by atoms with E-state index in [2.05, 4.69) is 10.6 Å². The van der Waals surface area contributed by atoms with E-state index in [1.807, 2.05) is 45.9 Å². The second kappa shape index (κ2) is 6.40. The molecular weight excluding hydrogens is 294 g/mol. The van der Waals surface area contributed by atoms with Gasteiger partial charge in [-0.05, 0) is 43.9 Å². The number of anilines is 1. The fraction of sp³-hybridized carbons (Fsp3) is 0.471. The Bertz CT molecular complexity index is 650. The number of amides is 4. The van der Waals surface area contributed by atoms with Crippen molar-refractivity contribution < 1.29 is 14.4 Å². The fourth-order valence-corrected chi connectivity index (χ4v) is 2.75. The van der Waals surface area contributed by atoms with Crippen molar-refractivity contribution in [2.75, 3.05) is 11.9 Å². The first-order valence-corrected chi connectivity index (χ1v) is 7.84. The highest BCUT2D eigenvalue weighted by Crippen LogP contribution is 2.25. The van der Waals surface area contributed by atoms with Crippen LogP contribution in [0.25, 0.3) is 0 Å². The summed E-state index contributed by atoms with van der Waals surface area (Å²) in [6.07, 6.45) is 1.01. The summed E-state index contributed by atoms with van der Waals surface area (Å²) in [4.78, 5) is 37.7. The van der Waals surface area contributed by atoms with Gasteiger partial charge in [0.15, 0.2) is 0 Å². The van der Waals surface area contributed by atoms with Crippen LogP contribution in [-0.4, -0.2) is 34.8 Å². The van der Waals surface area contributed by atoms with Gasteiger partial charge in [-0.2, -0.15) is 0 Å². The predicted octanol–water partition coefficient (Wildman–Crippen LogP) is 2.35. The number of carbonyl (C=O) groups is 3. The Morgan fingerprint density at radius 1 is 1.22 bits per heavy atom. The molecule has 0 saturated carbocycles. The maximum absolute atomic E-state index is 12.5. The smallest absolute Gasteiger partial charge is 0.324 e. The molecule has 0 aromatic heterocycles. The van der Waals surface area contributed by atoms with Crippen molar-refractivity contribution in [1.82, 2.24) is 10.2 Å². The van der Waals surface area contributed by atoms with Crippen molar-refractivity contribution in [1.29, 1.82) is 0 Å². The van der Waals surface area contributed by atoms with Gasteiger partial charge < -0.3 is 10.6 Å². The van der Waals surface area contributed by atoms with E-state index in [0.717, 1.165) is 16.0 Å². The van der Waals surface area contributed by atoms with Crippen molar-refractivity contribution >= 4 is 23.5 Å². The molecule has 0 unspecified atom stereocenters. The highest BCUT2D eigenvalue weighted by Gasteiger charge is 2.49. The summed E-state index contributed by atoms with van der Waals surface area (Å²) in [5.74, 6) is -0.714. The minimum absolute atomic E-state index is 0.278. The van der Waals surface area contributed by atoms with Crippen LogP contribution in [0.3, 0.4) is 0 Å². The van der Waals surface area contributed by atoms with Gasteiger partial charge in [0, 0.05) is 5.69 Å². The molecule has 1 fully saturated rings. The average molecular weight is 317 g/mol. The molecule has 2 rings (SSSR count). The maximum atomic E-state index is 12.5. The van der Waals surface area contributed by atoms with Crippen molar-refractivity contribution in [3.05, 3.63) is 29.3 Å². The van der Waals surface area contributed by atoms with Gasteiger partial charge in [-0.3, -0.25) is 14.5 Å². The molecule has 0 bridgehead atoms. The first-order chi connectivity index (χ1) is 10.8. The van der Waals surface area contributed by atoms with E-state index in [0.29, 0.717) is 18.5 Å². The van der Waals surface area contributed by atoms with E-state index in [9.17, 15) is 14.4 Å². The lowest BCUT2D eigenvalue weighted by atomic mass is 9.93. The quantitative estimate of drug-likeness (QED) is 0.818. The Morgan fingerprint density at radius 2 is 1.87 bits per heavy atom. The summed E-state index contributed by atoms with van der Waals surface area (Å²) in [6, 6.07) is 5.23. The van der Waals surface area contributed by atoms with Crippen LogP contribution in [-0.2, 0) is 9.59 Å². The summed E-state index contributed by atoms with van der Waals surface area (Å²) in [5, 5.41) is 5.48. The van der Waals surface area contributed by atoms with Gasteiger partial charge in [0.2, 0.25) is 5.91 Å². The lowest BCUT2D eigenvalue weighted by Gasteiger charge is -2.23. The summed E-state index contributed by atoms with van der Waals surface area (Å²) in [5.41, 5.74) is 1.77. The molecule has 1 aliphatic rings. The number of rotatable bonds is 5. The topological polar surface area (TPSA) is 78.5 Å². The molecule has 6 heteroatoms. The first-order valence-electron chi connectivity index (χ1n) is 7.84. The highest BCUT2D eigenvalue weighted by molar-refractivity contribution is 6.10. The van der Waals surface area contributed by atoms with E-state index in [-0.39, 0.29) is 18.4 Å². The lowest BCUT2D eigenvalue weighted by molar-refractivity contribution is -0.134. The maximum Gasteiger partial charge on any atom is 0.325 e. The van der Waals surface area contributed by atoms with Crippen LogP contribution in [0.5, 0.6) is 0 Å². The van der Waals surface area contributed by atoms with Crippen LogP contribution in [0.15, 0.2) is 18.2 Å². The molecule has 1 aromatic carbocycles. The minimum Gasteiger partial charge on any atom is -0.324 e. The molecule has 4 amide bonds. The standard InChI is InChI=1S/C17H23N3O3/c1-5-17(6-2)15(22)20(16(23)19-17)10-14(21)18-13-9-11(3)7-8-12(13)4/h7-9H,5-6,10H2,1-4H3,(H,18,21)(H,19,23). The fourth-order valence-electron chi connectivity index (χ4n) is 2.75. The Kier molecular flexibility index (Phi) is 4.73. The third-order valence-electron chi connectivity index (χ3n) is 4.42. The van der Waals surface area contributed by atoms with Gasteiger partial charge in [-0.15, -0.1) is 0 Å². The summed E-state index contributed by atoms with van der Waals surface area (Å²) in [6.45, 7) is 7.24. The van der Waals surface area contributed by atoms with E-state index >= 15 is 0 Å². The van der Waals surface area contributed by atoms with Crippen LogP contribution in [0, 0.1) is 13.8 Å². The number of aryl methyl sites for hydroxylation is 2. The molecule has 0 spiro atoms. The van der Waals surface area contributed by atoms with Gasteiger partial charge in [0.25, 0.3) is 5.91 Å². The zero-order chi connectivity index (χ0) is 17.2. The summed E-state index contributed by atoms with van der Waals surface area (Å²) < 4.78 is 0. The number of nitrogens with one attached hydrogen (secondary N) is 2. The summed E-state index contributed by atoms with van der Waals surface area (Å²) in [7, 11) is 0. The van der Waals surface area contributed by atoms with Gasteiger partial charge in [0.05, 0.1) is 0 Å². The number of hydrogen-bond acceptors (Lipinski definition) is 3. The Morgan fingerprint density at radius 3 is 2.43 bits per heavy atom. The van der Waals surface area contributed by atoms with Crippen molar-refractivity contribution in [2.45, 2.75) is 46.1 Å². The summed E-state index contributed by atoms with van der Waals surface area (Å²) >= 11 is 0. The second-order valence-corrected chi connectivity index (χ2v) is 5.98. The van der Waals surface area contributed by atoms with E-state index in [4.69, 9.17) is 0 Å². The van der Waals surface area contributed by atoms with Crippen molar-refractivity contribution in [3.8, 4) is 0 Å². The zero-order valence-corrected chi connectivity index (χ0v) is 14.0. The second-order valence-electron chi connectivity index (χ2n) is 5.98. The first kappa shape index (κ1) is 17.0. The normalized spacial score (nSPS) is 16.4. The minimum atomic E-state index is -0.878. The average Bonchev–Trinajstić information content (AvgIpc) is 2.75. The largest absolute Gasteiger partial charge is 0.325 e. The number of imide groups is 1. The van der Waals surface area contributed by atoms with Crippen LogP contribution in [0.4, 0.5) is 10.5 Å². The molecule has 23 heavy (non-hydrogen) atoms. The highest BCUT2D eigenvalue weighted by atomic mass is 16.2. The Labute approximate surface area is 136 Å². The van der Waals surface area contributed by atoms with Crippen LogP contribution < -0.4 is 10.6 Å². The van der Waals surface area contributed by atoms with Crippen molar-refractivity contribution in [3.63, 3.8) is 0 Å². The van der Waals surface area contributed by atoms with Gasteiger partial charge in [-0.1, -0.05) is 26.0 Å². The number of carbonyl (C=O) groups excluding carboxylic acids is 3. The van der Waals surface area contributed by atoms with Gasteiger partial charge >= 0.3 is 6.03 Å². The predicted molar refractivity (Wildman–Crippen MR) is 88.1 cm³/mol. The Balaban J connectivity index is 2.10. The van der Waals surface area contributed by atoms with Gasteiger partial charge in [0.1, 0.15) is 12.1 Å². The molecule has 1 saturated heterocycles. The van der Waals surface area contributed by atoms with Crippen LogP contribution >= 0.6 is 0 Å². The molecule has 0 atom stereocenters. The molecule has 0 aliphatic carbocycles. The number of urea groups is 1. The van der Waals surface area contributed by atoms with Gasteiger partial charge in [-0.25, -0.2) is 4.79 Å². The molecular formula is C17H23N3O3. The van der Waals surface area contributed by atoms with Crippen LogP contribution in [0.2, 0.25) is 0 Å². The number of benzene rings is 1.